The summed E-state index contributed by atoms with van der Waals surface area (Å²) >= 11 is 5.03. The van der Waals surface area contributed by atoms with E-state index in [9.17, 15) is 4.79 Å². The van der Waals surface area contributed by atoms with E-state index in [0.717, 1.165) is 26.2 Å². The highest BCUT2D eigenvalue weighted by Gasteiger charge is 2.23. The minimum atomic E-state index is -0.481. The van der Waals surface area contributed by atoms with E-state index in [1.807, 2.05) is 6.92 Å². The number of aromatic nitrogens is 2. The Hall–Kier alpha value is -1.80. The quantitative estimate of drug-likeness (QED) is 0.617. The molecule has 0 bridgehead atoms. The fourth-order valence-corrected chi connectivity index (χ4v) is 2.38. The predicted octanol–water partition coefficient (Wildman–Crippen LogP) is 0.0598. The summed E-state index contributed by atoms with van der Waals surface area (Å²) < 4.78 is 4.66. The molecule has 0 amide bonds. The van der Waals surface area contributed by atoms with Crippen LogP contribution in [0.5, 0.6) is 0 Å². The van der Waals surface area contributed by atoms with Crippen LogP contribution >= 0.6 is 12.2 Å². The molecular formula is C13H19N5O2S. The zero-order chi connectivity index (χ0) is 15.4. The maximum absolute atomic E-state index is 11.5. The molecule has 1 saturated heterocycles. The van der Waals surface area contributed by atoms with E-state index in [2.05, 4.69) is 24.5 Å². The zero-order valence-corrected chi connectivity index (χ0v) is 13.0. The van der Waals surface area contributed by atoms with Gasteiger partial charge < -0.3 is 15.4 Å². The molecule has 0 aromatic carbocycles. The lowest BCUT2D eigenvalue weighted by Crippen LogP contribution is -2.53. The van der Waals surface area contributed by atoms with E-state index in [-0.39, 0.29) is 11.7 Å². The Morgan fingerprint density at radius 1 is 1.38 bits per heavy atom. The van der Waals surface area contributed by atoms with Gasteiger partial charge in [-0.25, -0.2) is 9.78 Å². The summed E-state index contributed by atoms with van der Waals surface area (Å²) in [5.41, 5.74) is 5.90. The number of rotatable bonds is 4. The minimum absolute atomic E-state index is 0.0923. The largest absolute Gasteiger partial charge is 0.464 e. The van der Waals surface area contributed by atoms with Gasteiger partial charge in [0, 0.05) is 26.2 Å². The topological polar surface area (TPSA) is 84.6 Å². The maximum Gasteiger partial charge on any atom is 0.358 e. The van der Waals surface area contributed by atoms with Gasteiger partial charge in [-0.1, -0.05) is 12.2 Å². The van der Waals surface area contributed by atoms with Gasteiger partial charge >= 0.3 is 5.97 Å². The summed E-state index contributed by atoms with van der Waals surface area (Å²) in [7, 11) is 1.33. The van der Waals surface area contributed by atoms with Gasteiger partial charge in [-0.15, -0.1) is 0 Å². The van der Waals surface area contributed by atoms with Gasteiger partial charge in [0.15, 0.2) is 5.69 Å². The molecule has 1 aromatic heterocycles. The molecule has 2 heterocycles. The summed E-state index contributed by atoms with van der Waals surface area (Å²) in [5.74, 6) is 0.200. The van der Waals surface area contributed by atoms with Crippen LogP contribution < -0.4 is 10.6 Å². The highest BCUT2D eigenvalue weighted by Crippen LogP contribution is 2.14. The van der Waals surface area contributed by atoms with Crippen LogP contribution in [0.15, 0.2) is 12.4 Å². The summed E-state index contributed by atoms with van der Waals surface area (Å²) in [5, 5.41) is 0. The second-order valence-electron chi connectivity index (χ2n) is 4.86. The average molecular weight is 309 g/mol. The highest BCUT2D eigenvalue weighted by atomic mass is 32.1. The molecule has 0 spiro atoms. The number of hydrogen-bond donors (Lipinski definition) is 1. The third-order valence-electron chi connectivity index (χ3n) is 3.61. The first-order chi connectivity index (χ1) is 10.0. The number of thiocarbonyl (C=S) groups is 1. The molecular weight excluding hydrogens is 290 g/mol. The molecule has 1 aromatic rings. The van der Waals surface area contributed by atoms with Crippen LogP contribution in [-0.4, -0.2) is 65.2 Å². The SMILES string of the molecule is COC(=O)c1cncc(N2CCN(C(C)C(N)=S)CC2)n1. The first-order valence-electron chi connectivity index (χ1n) is 6.71. The molecule has 1 unspecified atom stereocenters. The Kier molecular flexibility index (Phi) is 5.03. The summed E-state index contributed by atoms with van der Waals surface area (Å²) in [6, 6.07) is 0.0923. The molecule has 8 heteroatoms. The molecule has 2 rings (SSSR count). The fraction of sp³-hybridized carbons (Fsp3) is 0.538. The molecule has 0 saturated carbocycles. The molecule has 1 aliphatic rings. The highest BCUT2D eigenvalue weighted by molar-refractivity contribution is 7.80. The van der Waals surface area contributed by atoms with Crippen molar-refractivity contribution in [3.63, 3.8) is 0 Å². The van der Waals surface area contributed by atoms with Crippen LogP contribution in [0, 0.1) is 0 Å². The van der Waals surface area contributed by atoms with Crippen LogP contribution in [-0.2, 0) is 4.74 Å². The van der Waals surface area contributed by atoms with Crippen LogP contribution in [0.1, 0.15) is 17.4 Å². The Morgan fingerprint density at radius 3 is 2.62 bits per heavy atom. The van der Waals surface area contributed by atoms with Crippen LogP contribution in [0.3, 0.4) is 0 Å². The number of piperazine rings is 1. The second-order valence-corrected chi connectivity index (χ2v) is 5.33. The normalized spacial score (nSPS) is 17.3. The van der Waals surface area contributed by atoms with Crippen molar-refractivity contribution < 1.29 is 9.53 Å². The van der Waals surface area contributed by atoms with Gasteiger partial charge in [-0.05, 0) is 6.92 Å². The third-order valence-corrected chi connectivity index (χ3v) is 3.96. The number of carbonyl (C=O) groups is 1. The van der Waals surface area contributed by atoms with Gasteiger partial charge in [0.2, 0.25) is 0 Å². The van der Waals surface area contributed by atoms with Crippen molar-refractivity contribution in [2.45, 2.75) is 13.0 Å². The second kappa shape index (κ2) is 6.77. The van der Waals surface area contributed by atoms with E-state index >= 15 is 0 Å². The Labute approximate surface area is 129 Å². The number of nitrogens with zero attached hydrogens (tertiary/aromatic N) is 4. The molecule has 7 nitrogen and oxygen atoms in total. The fourth-order valence-electron chi connectivity index (χ4n) is 2.23. The Balaban J connectivity index is 2.02. The van der Waals surface area contributed by atoms with Gasteiger partial charge in [0.1, 0.15) is 5.82 Å². The monoisotopic (exact) mass is 309 g/mol. The molecule has 1 atom stereocenters. The van der Waals surface area contributed by atoms with Crippen molar-refractivity contribution in [1.82, 2.24) is 14.9 Å². The number of esters is 1. The Bertz CT molecular complexity index is 531. The number of methoxy groups -OCH3 is 1. The standard InChI is InChI=1S/C13H19N5O2S/c1-9(12(14)21)17-3-5-18(6-4-17)11-8-15-7-10(16-11)13(19)20-2/h7-9H,3-6H2,1-2H3,(H2,14,21). The van der Waals surface area contributed by atoms with E-state index in [0.29, 0.717) is 10.8 Å². The molecule has 1 aliphatic heterocycles. The third kappa shape index (κ3) is 3.64. The lowest BCUT2D eigenvalue weighted by atomic mass is 10.2. The van der Waals surface area contributed by atoms with Crippen molar-refractivity contribution in [2.24, 2.45) is 5.73 Å². The molecule has 114 valence electrons. The molecule has 0 radical (unpaired) electrons. The number of carbonyl (C=O) groups excluding carboxylic acids is 1. The van der Waals surface area contributed by atoms with Crippen LogP contribution in [0.4, 0.5) is 5.82 Å². The number of nitrogens with two attached hydrogens (primary N) is 1. The van der Waals surface area contributed by atoms with Gasteiger partial charge in [0.25, 0.3) is 0 Å². The van der Waals surface area contributed by atoms with E-state index in [4.69, 9.17) is 18.0 Å². The summed E-state index contributed by atoms with van der Waals surface area (Å²) in [6.45, 7) is 5.25. The summed E-state index contributed by atoms with van der Waals surface area (Å²) in [4.78, 5) is 24.7. The van der Waals surface area contributed by atoms with Crippen molar-refractivity contribution in [3.8, 4) is 0 Å². The first kappa shape index (κ1) is 15.6. The average Bonchev–Trinajstić information content (AvgIpc) is 2.53. The van der Waals surface area contributed by atoms with E-state index in [1.165, 1.54) is 13.3 Å². The van der Waals surface area contributed by atoms with Crippen LogP contribution in [0.25, 0.3) is 0 Å². The molecule has 2 N–H and O–H groups in total. The maximum atomic E-state index is 11.5. The smallest absolute Gasteiger partial charge is 0.358 e. The van der Waals surface area contributed by atoms with Crippen molar-refractivity contribution >= 4 is 29.0 Å². The lowest BCUT2D eigenvalue weighted by molar-refractivity contribution is 0.0593. The molecule has 1 fully saturated rings. The van der Waals surface area contributed by atoms with Gasteiger partial charge in [-0.3, -0.25) is 9.88 Å². The first-order valence-corrected chi connectivity index (χ1v) is 7.12. The molecule has 0 aliphatic carbocycles. The summed E-state index contributed by atoms with van der Waals surface area (Å²) in [6.07, 6.45) is 3.06. The van der Waals surface area contributed by atoms with Gasteiger partial charge in [-0.2, -0.15) is 0 Å². The van der Waals surface area contributed by atoms with E-state index in [1.54, 1.807) is 6.20 Å². The lowest BCUT2D eigenvalue weighted by Gasteiger charge is -2.38. The predicted molar refractivity (Wildman–Crippen MR) is 83.4 cm³/mol. The van der Waals surface area contributed by atoms with Crippen molar-refractivity contribution in [3.05, 3.63) is 18.1 Å². The number of ether oxygens (including phenoxy) is 1. The van der Waals surface area contributed by atoms with Gasteiger partial charge in [0.05, 0.1) is 30.5 Å². The van der Waals surface area contributed by atoms with E-state index < -0.39 is 5.97 Å². The molecule has 21 heavy (non-hydrogen) atoms. The van der Waals surface area contributed by atoms with Crippen molar-refractivity contribution in [2.75, 3.05) is 38.2 Å². The Morgan fingerprint density at radius 2 is 2.05 bits per heavy atom. The zero-order valence-electron chi connectivity index (χ0n) is 12.2. The number of hydrogen-bond acceptors (Lipinski definition) is 7. The minimum Gasteiger partial charge on any atom is -0.464 e. The van der Waals surface area contributed by atoms with Crippen molar-refractivity contribution in [1.29, 1.82) is 0 Å². The number of anilines is 1. The van der Waals surface area contributed by atoms with Crippen LogP contribution in [0.2, 0.25) is 0 Å².